The Morgan fingerprint density at radius 2 is 1.86 bits per heavy atom. The molecule has 1 aliphatic heterocycles. The van der Waals surface area contributed by atoms with Crippen LogP contribution in [0.4, 0.5) is 5.82 Å². The minimum atomic E-state index is -0.0945. The Balaban J connectivity index is 1.59. The molecule has 0 amide bonds. The van der Waals surface area contributed by atoms with E-state index < -0.39 is 0 Å². The molecule has 0 radical (unpaired) electrons. The molecular formula is C15H21N5O2. The van der Waals surface area contributed by atoms with Crippen molar-refractivity contribution in [3.8, 4) is 0 Å². The largest absolute Gasteiger partial charge is 0.367 e. The van der Waals surface area contributed by atoms with E-state index in [9.17, 15) is 0 Å². The molecule has 22 heavy (non-hydrogen) atoms. The van der Waals surface area contributed by atoms with Gasteiger partial charge in [0.15, 0.2) is 5.82 Å². The summed E-state index contributed by atoms with van der Waals surface area (Å²) in [6.07, 6.45) is 1.88. The van der Waals surface area contributed by atoms with Crippen molar-refractivity contribution >= 4 is 5.82 Å². The van der Waals surface area contributed by atoms with E-state index in [4.69, 9.17) is 9.26 Å². The van der Waals surface area contributed by atoms with Crippen LogP contribution in [-0.2, 0) is 4.74 Å². The van der Waals surface area contributed by atoms with Gasteiger partial charge in [-0.3, -0.25) is 0 Å². The highest BCUT2D eigenvalue weighted by atomic mass is 16.5. The van der Waals surface area contributed by atoms with Crippen molar-refractivity contribution < 1.29 is 9.26 Å². The number of hydrogen-bond acceptors (Lipinski definition) is 7. The second-order valence-corrected chi connectivity index (χ2v) is 5.71. The van der Waals surface area contributed by atoms with Gasteiger partial charge in [0, 0.05) is 17.8 Å². The lowest BCUT2D eigenvalue weighted by Gasteiger charge is -2.15. The Morgan fingerprint density at radius 1 is 1.05 bits per heavy atom. The van der Waals surface area contributed by atoms with Gasteiger partial charge in [0.25, 0.3) is 5.89 Å². The third-order valence-corrected chi connectivity index (χ3v) is 3.92. The summed E-state index contributed by atoms with van der Waals surface area (Å²) in [5.74, 6) is 2.87. The van der Waals surface area contributed by atoms with E-state index in [-0.39, 0.29) is 12.2 Å². The van der Waals surface area contributed by atoms with Gasteiger partial charge in [-0.15, -0.1) is 0 Å². The fraction of sp³-hybridized carbons (Fsp3) is 0.600. The van der Waals surface area contributed by atoms with Crippen LogP contribution in [0.3, 0.4) is 0 Å². The molecule has 3 rings (SSSR count). The summed E-state index contributed by atoms with van der Waals surface area (Å²) < 4.78 is 11.2. The molecule has 1 aliphatic rings. The molecule has 2 aromatic rings. The molecule has 0 aliphatic carbocycles. The summed E-state index contributed by atoms with van der Waals surface area (Å²) in [7, 11) is 0. The molecule has 0 spiro atoms. The summed E-state index contributed by atoms with van der Waals surface area (Å²) in [6.45, 7) is 8.44. The highest BCUT2D eigenvalue weighted by Crippen LogP contribution is 2.31. The summed E-state index contributed by atoms with van der Waals surface area (Å²) in [6, 6.07) is 0. The molecular weight excluding hydrogens is 282 g/mol. The number of ether oxygens (including phenoxy) is 1. The molecule has 0 bridgehead atoms. The first-order chi connectivity index (χ1) is 10.5. The SMILES string of the molecule is Cc1noc([C@@H]2CC[C@H](CNc3nc(C)nc(C)c3C)O2)n1. The normalized spacial score (nSPS) is 21.3. The third-order valence-electron chi connectivity index (χ3n) is 3.92. The number of hydrogen-bond donors (Lipinski definition) is 1. The number of aryl methyl sites for hydroxylation is 3. The number of nitrogens with zero attached hydrogens (tertiary/aromatic N) is 4. The molecule has 118 valence electrons. The Hall–Kier alpha value is -2.02. The monoisotopic (exact) mass is 303 g/mol. The van der Waals surface area contributed by atoms with Crippen LogP contribution in [0, 0.1) is 27.7 Å². The van der Waals surface area contributed by atoms with Crippen LogP contribution in [-0.4, -0.2) is 32.8 Å². The Bertz CT molecular complexity index is 670. The number of aromatic nitrogens is 4. The van der Waals surface area contributed by atoms with Gasteiger partial charge in [0.2, 0.25) is 0 Å². The van der Waals surface area contributed by atoms with Crippen molar-refractivity contribution in [3.63, 3.8) is 0 Å². The van der Waals surface area contributed by atoms with E-state index in [1.165, 1.54) is 0 Å². The van der Waals surface area contributed by atoms with Crippen molar-refractivity contribution in [2.45, 2.75) is 52.7 Å². The average molecular weight is 303 g/mol. The minimum absolute atomic E-state index is 0.0945. The summed E-state index contributed by atoms with van der Waals surface area (Å²) >= 11 is 0. The van der Waals surface area contributed by atoms with Gasteiger partial charge in [0.1, 0.15) is 17.7 Å². The summed E-state index contributed by atoms with van der Waals surface area (Å²) in [4.78, 5) is 13.1. The molecule has 1 fully saturated rings. The molecule has 1 N–H and O–H groups in total. The van der Waals surface area contributed by atoms with Crippen LogP contribution in [0.2, 0.25) is 0 Å². The smallest absolute Gasteiger partial charge is 0.255 e. The van der Waals surface area contributed by atoms with Gasteiger partial charge in [-0.25, -0.2) is 9.97 Å². The highest BCUT2D eigenvalue weighted by molar-refractivity contribution is 5.45. The minimum Gasteiger partial charge on any atom is -0.367 e. The standard InChI is InChI=1S/C15H21N5O2/c1-8-9(2)17-10(3)18-14(8)16-7-12-5-6-13(21-12)15-19-11(4)20-22-15/h12-13H,5-7H2,1-4H3,(H,16,17,18)/t12-,13+/m1/s1. The van der Waals surface area contributed by atoms with Gasteiger partial charge >= 0.3 is 0 Å². The van der Waals surface area contributed by atoms with Crippen LogP contribution in [0.15, 0.2) is 4.52 Å². The second kappa shape index (κ2) is 6.00. The molecule has 1 saturated heterocycles. The fourth-order valence-electron chi connectivity index (χ4n) is 2.63. The molecule has 2 aromatic heterocycles. The van der Waals surface area contributed by atoms with Crippen molar-refractivity contribution in [3.05, 3.63) is 28.8 Å². The molecule has 3 heterocycles. The van der Waals surface area contributed by atoms with Crippen molar-refractivity contribution in [2.75, 3.05) is 11.9 Å². The zero-order valence-electron chi connectivity index (χ0n) is 13.4. The fourth-order valence-corrected chi connectivity index (χ4v) is 2.63. The molecule has 7 heteroatoms. The topological polar surface area (TPSA) is 86.0 Å². The molecule has 0 saturated carbocycles. The molecule has 0 aromatic carbocycles. The zero-order valence-corrected chi connectivity index (χ0v) is 13.4. The quantitative estimate of drug-likeness (QED) is 0.928. The van der Waals surface area contributed by atoms with E-state index in [2.05, 4.69) is 25.4 Å². The van der Waals surface area contributed by atoms with Crippen LogP contribution < -0.4 is 5.32 Å². The van der Waals surface area contributed by atoms with E-state index >= 15 is 0 Å². The number of rotatable bonds is 4. The van der Waals surface area contributed by atoms with Crippen LogP contribution >= 0.6 is 0 Å². The van der Waals surface area contributed by atoms with Gasteiger partial charge in [-0.05, 0) is 40.5 Å². The Labute approximate surface area is 129 Å². The van der Waals surface area contributed by atoms with E-state index in [0.717, 1.165) is 35.7 Å². The molecule has 7 nitrogen and oxygen atoms in total. The van der Waals surface area contributed by atoms with Crippen LogP contribution in [0.1, 0.15) is 47.7 Å². The van der Waals surface area contributed by atoms with Gasteiger partial charge in [0.05, 0.1) is 6.10 Å². The van der Waals surface area contributed by atoms with Gasteiger partial charge in [-0.2, -0.15) is 4.98 Å². The maximum atomic E-state index is 5.98. The second-order valence-electron chi connectivity index (χ2n) is 5.71. The summed E-state index contributed by atoms with van der Waals surface area (Å²) in [5, 5.41) is 7.18. The van der Waals surface area contributed by atoms with Gasteiger partial charge < -0.3 is 14.6 Å². The van der Waals surface area contributed by atoms with Crippen LogP contribution in [0.5, 0.6) is 0 Å². The van der Waals surface area contributed by atoms with Crippen molar-refractivity contribution in [1.82, 2.24) is 20.1 Å². The molecule has 0 unspecified atom stereocenters. The Kier molecular flexibility index (Phi) is 4.06. The number of nitrogens with one attached hydrogen (secondary N) is 1. The third kappa shape index (κ3) is 3.09. The lowest BCUT2D eigenvalue weighted by Crippen LogP contribution is -2.20. The maximum absolute atomic E-state index is 5.98. The lowest BCUT2D eigenvalue weighted by molar-refractivity contribution is 0.0326. The van der Waals surface area contributed by atoms with Crippen LogP contribution in [0.25, 0.3) is 0 Å². The Morgan fingerprint density at radius 3 is 2.59 bits per heavy atom. The van der Waals surface area contributed by atoms with E-state index in [1.807, 2.05) is 27.7 Å². The maximum Gasteiger partial charge on any atom is 0.255 e. The lowest BCUT2D eigenvalue weighted by atomic mass is 10.2. The first kappa shape index (κ1) is 14.9. The highest BCUT2D eigenvalue weighted by Gasteiger charge is 2.30. The predicted molar refractivity (Wildman–Crippen MR) is 80.6 cm³/mol. The zero-order chi connectivity index (χ0) is 15.7. The van der Waals surface area contributed by atoms with E-state index in [0.29, 0.717) is 18.3 Å². The average Bonchev–Trinajstić information content (AvgIpc) is 3.10. The first-order valence-corrected chi connectivity index (χ1v) is 7.54. The van der Waals surface area contributed by atoms with E-state index in [1.54, 1.807) is 0 Å². The molecule has 2 atom stereocenters. The van der Waals surface area contributed by atoms with Gasteiger partial charge in [-0.1, -0.05) is 5.16 Å². The predicted octanol–water partition coefficient (Wildman–Crippen LogP) is 2.43. The first-order valence-electron chi connectivity index (χ1n) is 7.54. The summed E-state index contributed by atoms with van der Waals surface area (Å²) in [5.41, 5.74) is 2.08. The number of anilines is 1. The van der Waals surface area contributed by atoms with Crippen molar-refractivity contribution in [2.24, 2.45) is 0 Å². The van der Waals surface area contributed by atoms with Crippen molar-refractivity contribution in [1.29, 1.82) is 0 Å².